The lowest BCUT2D eigenvalue weighted by molar-refractivity contribution is 0.122. The zero-order valence-electron chi connectivity index (χ0n) is 15.3. The Balaban J connectivity index is 1.85. The molecule has 0 spiro atoms. The SMILES string of the molecule is CC(C)Sc1ccc2nc(-c3cnc(N)nc3)nc(N3CCOCC3)c2n1. The highest BCUT2D eigenvalue weighted by molar-refractivity contribution is 7.99. The van der Waals surface area contributed by atoms with Crippen LogP contribution < -0.4 is 10.6 Å². The number of anilines is 2. The molecule has 140 valence electrons. The van der Waals surface area contributed by atoms with Crippen LogP contribution in [0.4, 0.5) is 11.8 Å². The van der Waals surface area contributed by atoms with Crippen molar-refractivity contribution in [2.45, 2.75) is 24.1 Å². The van der Waals surface area contributed by atoms with Crippen molar-refractivity contribution in [3.05, 3.63) is 24.5 Å². The van der Waals surface area contributed by atoms with Gasteiger partial charge in [-0.1, -0.05) is 13.8 Å². The molecule has 3 aromatic rings. The van der Waals surface area contributed by atoms with Gasteiger partial charge < -0.3 is 15.4 Å². The average molecular weight is 383 g/mol. The molecule has 1 aliphatic rings. The number of hydrogen-bond acceptors (Lipinski definition) is 9. The summed E-state index contributed by atoms with van der Waals surface area (Å²) in [5, 5.41) is 1.42. The van der Waals surface area contributed by atoms with E-state index in [9.17, 15) is 0 Å². The molecule has 0 unspecified atom stereocenters. The van der Waals surface area contributed by atoms with Gasteiger partial charge in [-0.25, -0.2) is 24.9 Å². The predicted octanol–water partition coefficient (Wildman–Crippen LogP) is 2.40. The first-order chi connectivity index (χ1) is 13.1. The quantitative estimate of drug-likeness (QED) is 0.680. The first kappa shape index (κ1) is 17.9. The highest BCUT2D eigenvalue weighted by atomic mass is 32.2. The summed E-state index contributed by atoms with van der Waals surface area (Å²) >= 11 is 1.73. The van der Waals surface area contributed by atoms with E-state index < -0.39 is 0 Å². The van der Waals surface area contributed by atoms with Gasteiger partial charge in [0.25, 0.3) is 0 Å². The molecule has 0 bridgehead atoms. The van der Waals surface area contributed by atoms with E-state index in [0.29, 0.717) is 24.3 Å². The number of hydrogen-bond donors (Lipinski definition) is 1. The molecule has 4 heterocycles. The van der Waals surface area contributed by atoms with E-state index in [0.717, 1.165) is 40.5 Å². The number of thioether (sulfide) groups is 1. The van der Waals surface area contributed by atoms with Crippen LogP contribution in [0.5, 0.6) is 0 Å². The second-order valence-corrected chi connectivity index (χ2v) is 8.08. The summed E-state index contributed by atoms with van der Waals surface area (Å²) in [6, 6.07) is 4.01. The van der Waals surface area contributed by atoms with E-state index in [2.05, 4.69) is 33.7 Å². The van der Waals surface area contributed by atoms with Crippen molar-refractivity contribution in [3.8, 4) is 11.4 Å². The van der Waals surface area contributed by atoms with Crippen LogP contribution in [0, 0.1) is 0 Å². The lowest BCUT2D eigenvalue weighted by atomic mass is 10.2. The molecule has 0 radical (unpaired) electrons. The fraction of sp³-hybridized carbons (Fsp3) is 0.389. The highest BCUT2D eigenvalue weighted by Gasteiger charge is 2.20. The zero-order chi connectivity index (χ0) is 18.8. The zero-order valence-corrected chi connectivity index (χ0v) is 16.1. The molecule has 0 atom stereocenters. The van der Waals surface area contributed by atoms with Crippen LogP contribution in [0.1, 0.15) is 13.8 Å². The van der Waals surface area contributed by atoms with Gasteiger partial charge in [0.05, 0.1) is 29.3 Å². The van der Waals surface area contributed by atoms with Gasteiger partial charge >= 0.3 is 0 Å². The number of fused-ring (bicyclic) bond motifs is 1. The van der Waals surface area contributed by atoms with Crippen molar-refractivity contribution in [1.29, 1.82) is 0 Å². The minimum Gasteiger partial charge on any atom is -0.378 e. The van der Waals surface area contributed by atoms with Gasteiger partial charge in [0.1, 0.15) is 5.52 Å². The van der Waals surface area contributed by atoms with Crippen molar-refractivity contribution < 1.29 is 4.74 Å². The van der Waals surface area contributed by atoms with Crippen LogP contribution in [-0.4, -0.2) is 56.5 Å². The van der Waals surface area contributed by atoms with Gasteiger partial charge in [-0.2, -0.15) is 0 Å². The summed E-state index contributed by atoms with van der Waals surface area (Å²) in [7, 11) is 0. The minimum absolute atomic E-state index is 0.227. The Morgan fingerprint density at radius 2 is 1.81 bits per heavy atom. The van der Waals surface area contributed by atoms with Crippen molar-refractivity contribution in [3.63, 3.8) is 0 Å². The Labute approximate surface area is 161 Å². The van der Waals surface area contributed by atoms with Gasteiger partial charge in [-0.3, -0.25) is 0 Å². The Morgan fingerprint density at radius 3 is 2.52 bits per heavy atom. The van der Waals surface area contributed by atoms with Crippen molar-refractivity contribution in [1.82, 2.24) is 24.9 Å². The summed E-state index contributed by atoms with van der Waals surface area (Å²) in [5.74, 6) is 1.61. The van der Waals surface area contributed by atoms with E-state index in [1.54, 1.807) is 24.2 Å². The lowest BCUT2D eigenvalue weighted by Crippen LogP contribution is -2.37. The standard InChI is InChI=1S/C18H21N7OS/c1-11(2)27-14-4-3-13-15(23-14)17(25-5-7-26-8-6-25)24-16(22-13)12-9-20-18(19)21-10-12/h3-4,9-11H,5-8H2,1-2H3,(H2,19,20,21). The van der Waals surface area contributed by atoms with E-state index >= 15 is 0 Å². The fourth-order valence-corrected chi connectivity index (χ4v) is 3.64. The lowest BCUT2D eigenvalue weighted by Gasteiger charge is -2.28. The third-order valence-corrected chi connectivity index (χ3v) is 5.04. The van der Waals surface area contributed by atoms with Crippen molar-refractivity contribution in [2.24, 2.45) is 0 Å². The van der Waals surface area contributed by atoms with Gasteiger partial charge in [0, 0.05) is 30.7 Å². The number of morpholine rings is 1. The van der Waals surface area contributed by atoms with Crippen LogP contribution in [0.2, 0.25) is 0 Å². The molecule has 4 rings (SSSR count). The molecule has 27 heavy (non-hydrogen) atoms. The van der Waals surface area contributed by atoms with Crippen LogP contribution in [0.15, 0.2) is 29.6 Å². The molecule has 0 aromatic carbocycles. The van der Waals surface area contributed by atoms with Gasteiger partial charge in [0.2, 0.25) is 5.95 Å². The minimum atomic E-state index is 0.227. The first-order valence-electron chi connectivity index (χ1n) is 8.86. The number of aromatic nitrogens is 5. The van der Waals surface area contributed by atoms with E-state index in [1.165, 1.54) is 0 Å². The maximum atomic E-state index is 5.60. The van der Waals surface area contributed by atoms with Gasteiger partial charge in [-0.05, 0) is 12.1 Å². The summed E-state index contributed by atoms with van der Waals surface area (Å²) in [5.41, 5.74) is 7.93. The van der Waals surface area contributed by atoms with Crippen LogP contribution >= 0.6 is 11.8 Å². The first-order valence-corrected chi connectivity index (χ1v) is 9.74. The molecule has 2 N–H and O–H groups in total. The normalized spacial score (nSPS) is 14.9. The molecule has 0 aliphatic carbocycles. The average Bonchev–Trinajstić information content (AvgIpc) is 2.68. The topological polar surface area (TPSA) is 103 Å². The summed E-state index contributed by atoms with van der Waals surface area (Å²) in [4.78, 5) is 24.7. The third kappa shape index (κ3) is 3.93. The molecule has 9 heteroatoms. The summed E-state index contributed by atoms with van der Waals surface area (Å²) < 4.78 is 5.49. The van der Waals surface area contributed by atoms with Crippen molar-refractivity contribution in [2.75, 3.05) is 36.9 Å². The van der Waals surface area contributed by atoms with Crippen LogP contribution in [-0.2, 0) is 4.74 Å². The molecule has 0 amide bonds. The van der Waals surface area contributed by atoms with Gasteiger partial charge in [0.15, 0.2) is 11.6 Å². The van der Waals surface area contributed by atoms with Crippen LogP contribution in [0.3, 0.4) is 0 Å². The Bertz CT molecular complexity index is 942. The number of nitrogens with two attached hydrogens (primary N) is 1. The molecule has 0 saturated carbocycles. The fourth-order valence-electron chi connectivity index (χ4n) is 2.87. The van der Waals surface area contributed by atoms with E-state index in [1.807, 2.05) is 12.1 Å². The van der Waals surface area contributed by atoms with E-state index in [4.69, 9.17) is 20.4 Å². The predicted molar refractivity (Wildman–Crippen MR) is 107 cm³/mol. The highest BCUT2D eigenvalue weighted by Crippen LogP contribution is 2.30. The molecule has 1 saturated heterocycles. The third-order valence-electron chi connectivity index (χ3n) is 4.10. The molecular formula is C18H21N7OS. The largest absolute Gasteiger partial charge is 0.378 e. The maximum absolute atomic E-state index is 5.60. The second-order valence-electron chi connectivity index (χ2n) is 6.48. The molecular weight excluding hydrogens is 362 g/mol. The van der Waals surface area contributed by atoms with E-state index in [-0.39, 0.29) is 5.95 Å². The maximum Gasteiger partial charge on any atom is 0.219 e. The summed E-state index contributed by atoms with van der Waals surface area (Å²) in [6.45, 7) is 7.19. The number of rotatable bonds is 4. The second kappa shape index (κ2) is 7.61. The molecule has 8 nitrogen and oxygen atoms in total. The van der Waals surface area contributed by atoms with Gasteiger partial charge in [-0.15, -0.1) is 11.8 Å². The number of pyridine rings is 1. The molecule has 1 aliphatic heterocycles. The Morgan fingerprint density at radius 1 is 1.07 bits per heavy atom. The Hall–Kier alpha value is -2.52. The smallest absolute Gasteiger partial charge is 0.219 e. The number of nitrogens with zero attached hydrogens (tertiary/aromatic N) is 6. The van der Waals surface area contributed by atoms with Crippen molar-refractivity contribution >= 4 is 34.6 Å². The Kier molecular flexibility index (Phi) is 5.04. The summed E-state index contributed by atoms with van der Waals surface area (Å²) in [6.07, 6.45) is 3.28. The van der Waals surface area contributed by atoms with Crippen LogP contribution in [0.25, 0.3) is 22.4 Å². The molecule has 1 fully saturated rings. The monoisotopic (exact) mass is 383 g/mol. The number of ether oxygens (including phenoxy) is 1. The number of nitrogen functional groups attached to an aromatic ring is 1. The molecule has 3 aromatic heterocycles.